The van der Waals surface area contributed by atoms with E-state index in [1.165, 1.54) is 30.0 Å². The molecule has 0 spiro atoms. The van der Waals surface area contributed by atoms with Crippen LogP contribution in [0.5, 0.6) is 0 Å². The molecule has 0 unspecified atom stereocenters. The molecule has 2 N–H and O–H groups in total. The fraction of sp³-hybridized carbons (Fsp3) is 0.167. The van der Waals surface area contributed by atoms with Crippen LogP contribution in [-0.4, -0.2) is 30.1 Å². The number of fused-ring (bicyclic) bond motifs is 1. The number of halogens is 1. The van der Waals surface area contributed by atoms with Crippen molar-refractivity contribution in [3.63, 3.8) is 0 Å². The van der Waals surface area contributed by atoms with Gasteiger partial charge in [-0.3, -0.25) is 9.59 Å². The Kier molecular flexibility index (Phi) is 5.22. The monoisotopic (exact) mass is 374 g/mol. The topological polar surface area (TPSA) is 84.5 Å². The predicted octanol–water partition coefficient (Wildman–Crippen LogP) is 2.97. The molecule has 1 aliphatic rings. The van der Waals surface area contributed by atoms with E-state index in [-0.39, 0.29) is 17.2 Å². The normalized spacial score (nSPS) is 12.8. The summed E-state index contributed by atoms with van der Waals surface area (Å²) in [5, 5.41) is 5.02. The highest BCUT2D eigenvalue weighted by atomic mass is 32.2. The van der Waals surface area contributed by atoms with Gasteiger partial charge in [-0.05, 0) is 42.8 Å². The molecule has 0 radical (unpaired) electrons. The highest BCUT2D eigenvalue weighted by molar-refractivity contribution is 8.00. The van der Waals surface area contributed by atoms with Gasteiger partial charge in [-0.1, -0.05) is 6.07 Å². The average molecular weight is 374 g/mol. The van der Waals surface area contributed by atoms with Crippen LogP contribution in [0.25, 0.3) is 0 Å². The summed E-state index contributed by atoms with van der Waals surface area (Å²) >= 11 is 1.38. The molecule has 0 fully saturated rings. The number of benzene rings is 2. The fourth-order valence-electron chi connectivity index (χ4n) is 2.33. The van der Waals surface area contributed by atoms with Crippen LogP contribution >= 0.6 is 11.8 Å². The maximum Gasteiger partial charge on any atom is 0.338 e. The number of aryl methyl sites for hydroxylation is 1. The van der Waals surface area contributed by atoms with Gasteiger partial charge in [0.2, 0.25) is 5.91 Å². The molecule has 3 rings (SSSR count). The molecular weight excluding hydrogens is 359 g/mol. The molecular formula is C18H15FN2O4S. The summed E-state index contributed by atoms with van der Waals surface area (Å²) in [6.45, 7) is 1.18. The molecule has 2 aromatic carbocycles. The highest BCUT2D eigenvalue weighted by Gasteiger charge is 2.18. The largest absolute Gasteiger partial charge is 0.452 e. The van der Waals surface area contributed by atoms with Crippen LogP contribution in [0.1, 0.15) is 15.9 Å². The Morgan fingerprint density at radius 3 is 2.85 bits per heavy atom. The Balaban J connectivity index is 1.59. The highest BCUT2D eigenvalue weighted by Crippen LogP contribution is 2.32. The molecule has 1 aliphatic heterocycles. The Morgan fingerprint density at radius 2 is 2.08 bits per heavy atom. The second kappa shape index (κ2) is 7.57. The first-order valence-electron chi connectivity index (χ1n) is 7.72. The van der Waals surface area contributed by atoms with Crippen LogP contribution in [0.3, 0.4) is 0 Å². The number of rotatable bonds is 4. The summed E-state index contributed by atoms with van der Waals surface area (Å²) in [5.74, 6) is -1.74. The van der Waals surface area contributed by atoms with Crippen molar-refractivity contribution in [1.82, 2.24) is 0 Å². The number of hydrogen-bond donors (Lipinski definition) is 2. The zero-order chi connectivity index (χ0) is 18.7. The van der Waals surface area contributed by atoms with Gasteiger partial charge in [-0.2, -0.15) is 0 Å². The van der Waals surface area contributed by atoms with Crippen molar-refractivity contribution in [2.45, 2.75) is 11.8 Å². The third-order valence-electron chi connectivity index (χ3n) is 3.58. The van der Waals surface area contributed by atoms with E-state index in [9.17, 15) is 18.8 Å². The Bertz CT molecular complexity index is 901. The van der Waals surface area contributed by atoms with E-state index in [0.29, 0.717) is 11.4 Å². The Labute approximate surface area is 153 Å². The van der Waals surface area contributed by atoms with E-state index in [0.717, 1.165) is 10.5 Å². The first kappa shape index (κ1) is 17.9. The second-order valence-electron chi connectivity index (χ2n) is 5.66. The van der Waals surface area contributed by atoms with E-state index >= 15 is 0 Å². The fourth-order valence-corrected chi connectivity index (χ4v) is 3.12. The number of esters is 1. The molecule has 2 aromatic rings. The first-order chi connectivity index (χ1) is 12.4. The second-order valence-corrected chi connectivity index (χ2v) is 6.67. The van der Waals surface area contributed by atoms with Crippen molar-refractivity contribution in [1.29, 1.82) is 0 Å². The van der Waals surface area contributed by atoms with Gasteiger partial charge in [-0.25, -0.2) is 9.18 Å². The van der Waals surface area contributed by atoms with Crippen LogP contribution in [0.2, 0.25) is 0 Å². The van der Waals surface area contributed by atoms with Gasteiger partial charge in [0.25, 0.3) is 5.91 Å². The van der Waals surface area contributed by atoms with Gasteiger partial charge in [0, 0.05) is 4.90 Å². The quantitative estimate of drug-likeness (QED) is 0.804. The van der Waals surface area contributed by atoms with Gasteiger partial charge in [-0.15, -0.1) is 11.8 Å². The number of hydrogen-bond acceptors (Lipinski definition) is 5. The minimum atomic E-state index is -0.711. The van der Waals surface area contributed by atoms with Crippen molar-refractivity contribution in [3.05, 3.63) is 53.3 Å². The van der Waals surface area contributed by atoms with Crippen LogP contribution in [0.15, 0.2) is 41.3 Å². The summed E-state index contributed by atoms with van der Waals surface area (Å²) in [4.78, 5) is 36.2. The predicted molar refractivity (Wildman–Crippen MR) is 95.8 cm³/mol. The SMILES string of the molecule is Cc1ccc(NC(=O)COC(=O)c2ccc3c(c2)NC(=O)CS3)c(F)c1. The third-order valence-corrected chi connectivity index (χ3v) is 4.65. The third kappa shape index (κ3) is 4.20. The minimum Gasteiger partial charge on any atom is -0.452 e. The van der Waals surface area contributed by atoms with Crippen molar-refractivity contribution >= 4 is 40.9 Å². The van der Waals surface area contributed by atoms with E-state index in [2.05, 4.69) is 10.6 Å². The van der Waals surface area contributed by atoms with Crippen molar-refractivity contribution in [2.75, 3.05) is 23.0 Å². The lowest BCUT2D eigenvalue weighted by molar-refractivity contribution is -0.119. The van der Waals surface area contributed by atoms with E-state index in [1.807, 2.05) is 0 Å². The minimum absolute atomic E-state index is 0.0187. The maximum atomic E-state index is 13.7. The zero-order valence-electron chi connectivity index (χ0n) is 13.8. The molecule has 0 atom stereocenters. The maximum absolute atomic E-state index is 13.7. The number of thioether (sulfide) groups is 1. The van der Waals surface area contributed by atoms with Gasteiger partial charge < -0.3 is 15.4 Å². The molecule has 0 aromatic heterocycles. The lowest BCUT2D eigenvalue weighted by Crippen LogP contribution is -2.22. The summed E-state index contributed by atoms with van der Waals surface area (Å²) in [5.41, 5.74) is 1.49. The molecule has 8 heteroatoms. The van der Waals surface area contributed by atoms with Crippen LogP contribution in [0, 0.1) is 12.7 Å². The zero-order valence-corrected chi connectivity index (χ0v) is 14.6. The van der Waals surface area contributed by atoms with Crippen molar-refractivity contribution in [3.8, 4) is 0 Å². The molecule has 0 aliphatic carbocycles. The number of nitrogens with one attached hydrogen (secondary N) is 2. The Morgan fingerprint density at radius 1 is 1.27 bits per heavy atom. The molecule has 0 saturated carbocycles. The number of carbonyl (C=O) groups excluding carboxylic acids is 3. The number of amides is 2. The van der Waals surface area contributed by atoms with E-state index in [4.69, 9.17) is 4.74 Å². The summed E-state index contributed by atoms with van der Waals surface area (Å²) in [7, 11) is 0. The van der Waals surface area contributed by atoms with E-state index in [1.54, 1.807) is 25.1 Å². The van der Waals surface area contributed by atoms with Gasteiger partial charge in [0.15, 0.2) is 6.61 Å². The molecule has 26 heavy (non-hydrogen) atoms. The van der Waals surface area contributed by atoms with Gasteiger partial charge >= 0.3 is 5.97 Å². The smallest absolute Gasteiger partial charge is 0.338 e. The number of anilines is 2. The van der Waals surface area contributed by atoms with Crippen LogP contribution in [0.4, 0.5) is 15.8 Å². The first-order valence-corrected chi connectivity index (χ1v) is 8.71. The molecule has 1 heterocycles. The van der Waals surface area contributed by atoms with Crippen molar-refractivity contribution in [2.24, 2.45) is 0 Å². The molecule has 6 nitrogen and oxygen atoms in total. The van der Waals surface area contributed by atoms with Crippen LogP contribution < -0.4 is 10.6 Å². The van der Waals surface area contributed by atoms with Gasteiger partial charge in [0.05, 0.1) is 22.7 Å². The number of ether oxygens (including phenoxy) is 1. The summed E-state index contributed by atoms with van der Waals surface area (Å²) < 4.78 is 18.7. The number of carbonyl (C=O) groups is 3. The van der Waals surface area contributed by atoms with Crippen molar-refractivity contribution < 1.29 is 23.5 Å². The van der Waals surface area contributed by atoms with Crippen LogP contribution in [-0.2, 0) is 14.3 Å². The summed E-state index contributed by atoms with van der Waals surface area (Å²) in [6.07, 6.45) is 0. The molecule has 134 valence electrons. The summed E-state index contributed by atoms with van der Waals surface area (Å²) in [6, 6.07) is 9.15. The molecule has 2 amide bonds. The lowest BCUT2D eigenvalue weighted by atomic mass is 10.2. The Hall–Kier alpha value is -2.87. The van der Waals surface area contributed by atoms with E-state index < -0.39 is 24.3 Å². The molecule has 0 bridgehead atoms. The standard InChI is InChI=1S/C18H15FN2O4S/c1-10-2-4-13(12(19)6-10)20-16(22)8-25-18(24)11-3-5-15-14(7-11)21-17(23)9-26-15/h2-7H,8-9H2,1H3,(H,20,22)(H,21,23). The average Bonchev–Trinajstić information content (AvgIpc) is 2.61. The van der Waals surface area contributed by atoms with Gasteiger partial charge in [0.1, 0.15) is 5.82 Å². The molecule has 0 saturated heterocycles. The lowest BCUT2D eigenvalue weighted by Gasteiger charge is -2.16.